The molecule has 0 aliphatic rings. The molecular weight excluding hydrogens is 266 g/mol. The van der Waals surface area contributed by atoms with Crippen LogP contribution in [0.1, 0.15) is 17.3 Å². The van der Waals surface area contributed by atoms with E-state index in [2.05, 4.69) is 10.3 Å². The Morgan fingerprint density at radius 1 is 1.41 bits per heavy atom. The van der Waals surface area contributed by atoms with Gasteiger partial charge in [0.15, 0.2) is 11.6 Å². The lowest BCUT2D eigenvalue weighted by molar-refractivity contribution is 0.486. The highest BCUT2D eigenvalue weighted by Crippen LogP contribution is 2.31. The quantitative estimate of drug-likeness (QED) is 0.868. The van der Waals surface area contributed by atoms with Crippen molar-refractivity contribution in [1.82, 2.24) is 10.3 Å². The third-order valence-corrected chi connectivity index (χ3v) is 3.34. The molecule has 2 nitrogen and oxygen atoms in total. The second kappa shape index (κ2) is 5.08. The van der Waals surface area contributed by atoms with Gasteiger partial charge in [-0.15, -0.1) is 11.3 Å². The van der Waals surface area contributed by atoms with Gasteiger partial charge in [-0.2, -0.15) is 0 Å². The highest BCUT2D eigenvalue weighted by molar-refractivity contribution is 7.07. The molecule has 1 aromatic carbocycles. The van der Waals surface area contributed by atoms with Gasteiger partial charge in [-0.05, 0) is 19.2 Å². The highest BCUT2D eigenvalue weighted by Gasteiger charge is 2.23. The topological polar surface area (TPSA) is 24.9 Å². The van der Waals surface area contributed by atoms with Crippen molar-refractivity contribution in [3.05, 3.63) is 50.9 Å². The van der Waals surface area contributed by atoms with E-state index in [0.29, 0.717) is 5.69 Å². The Bertz CT molecular complexity index is 516. The Hall–Kier alpha value is -1.04. The van der Waals surface area contributed by atoms with Gasteiger partial charge in [0.25, 0.3) is 0 Å². The largest absolute Gasteiger partial charge is 0.308 e. The summed E-state index contributed by atoms with van der Waals surface area (Å²) >= 11 is 7.30. The van der Waals surface area contributed by atoms with Crippen LogP contribution in [0, 0.1) is 11.6 Å². The van der Waals surface area contributed by atoms with Crippen molar-refractivity contribution in [2.45, 2.75) is 6.04 Å². The number of rotatable bonds is 3. The molecule has 1 atom stereocenters. The summed E-state index contributed by atoms with van der Waals surface area (Å²) in [4.78, 5) is 4.08. The number of benzene rings is 1. The molecule has 0 saturated heterocycles. The number of hydrogen-bond donors (Lipinski definition) is 1. The van der Waals surface area contributed by atoms with Crippen LogP contribution in [0.25, 0.3) is 0 Å². The van der Waals surface area contributed by atoms with E-state index in [9.17, 15) is 8.78 Å². The lowest BCUT2D eigenvalue weighted by Crippen LogP contribution is -2.20. The number of thiazole rings is 1. The molecule has 2 aromatic rings. The predicted octanol–water partition coefficient (Wildman–Crippen LogP) is 3.38. The molecule has 6 heteroatoms. The maximum atomic E-state index is 13.8. The lowest BCUT2D eigenvalue weighted by Gasteiger charge is -2.16. The van der Waals surface area contributed by atoms with Crippen LogP contribution in [0.15, 0.2) is 23.0 Å². The summed E-state index contributed by atoms with van der Waals surface area (Å²) in [5, 5.41) is 4.83. The molecule has 1 heterocycles. The average Bonchev–Trinajstić information content (AvgIpc) is 2.83. The van der Waals surface area contributed by atoms with Crippen LogP contribution in [0.3, 0.4) is 0 Å². The van der Waals surface area contributed by atoms with Gasteiger partial charge in [-0.3, -0.25) is 0 Å². The van der Waals surface area contributed by atoms with Crippen molar-refractivity contribution in [3.63, 3.8) is 0 Å². The number of nitrogens with one attached hydrogen (secondary N) is 1. The standard InChI is InChI=1S/C11H9ClF2N2S/c1-15-11(8-4-17-5-16-8)9-6(12)2-3-7(13)10(9)14/h2-5,11,15H,1H3. The molecule has 0 fully saturated rings. The van der Waals surface area contributed by atoms with Gasteiger partial charge in [0.05, 0.1) is 17.2 Å². The predicted molar refractivity (Wildman–Crippen MR) is 64.4 cm³/mol. The van der Waals surface area contributed by atoms with Crippen molar-refractivity contribution >= 4 is 22.9 Å². The highest BCUT2D eigenvalue weighted by atomic mass is 35.5. The number of aromatic nitrogens is 1. The lowest BCUT2D eigenvalue weighted by atomic mass is 10.0. The average molecular weight is 275 g/mol. The third-order valence-electron chi connectivity index (χ3n) is 2.40. The molecular formula is C11H9ClF2N2S. The minimum absolute atomic E-state index is 0.0834. The van der Waals surface area contributed by atoms with Crippen LogP contribution in [-0.4, -0.2) is 12.0 Å². The maximum Gasteiger partial charge on any atom is 0.165 e. The van der Waals surface area contributed by atoms with Crippen LogP contribution in [-0.2, 0) is 0 Å². The summed E-state index contributed by atoms with van der Waals surface area (Å²) < 4.78 is 27.0. The SMILES string of the molecule is CNC(c1cscn1)c1c(Cl)ccc(F)c1F. The first-order chi connectivity index (χ1) is 8.15. The Balaban J connectivity index is 2.55. The van der Waals surface area contributed by atoms with E-state index >= 15 is 0 Å². The molecule has 0 aliphatic carbocycles. The number of hydrogen-bond acceptors (Lipinski definition) is 3. The zero-order valence-electron chi connectivity index (χ0n) is 8.88. The van der Waals surface area contributed by atoms with Crippen LogP contribution in [0.5, 0.6) is 0 Å². The molecule has 1 unspecified atom stereocenters. The van der Waals surface area contributed by atoms with Gasteiger partial charge in [0, 0.05) is 16.0 Å². The van der Waals surface area contributed by atoms with E-state index in [1.54, 1.807) is 17.9 Å². The molecule has 1 aromatic heterocycles. The Morgan fingerprint density at radius 3 is 2.76 bits per heavy atom. The van der Waals surface area contributed by atoms with Crippen molar-refractivity contribution < 1.29 is 8.78 Å². The molecule has 17 heavy (non-hydrogen) atoms. The number of nitrogens with zero attached hydrogens (tertiary/aromatic N) is 1. The van der Waals surface area contributed by atoms with E-state index in [1.165, 1.54) is 17.4 Å². The number of halogens is 3. The van der Waals surface area contributed by atoms with Crippen LogP contribution in [0.2, 0.25) is 5.02 Å². The summed E-state index contributed by atoms with van der Waals surface area (Å²) in [6.45, 7) is 0. The minimum atomic E-state index is -0.940. The zero-order valence-corrected chi connectivity index (χ0v) is 10.4. The van der Waals surface area contributed by atoms with Crippen LogP contribution < -0.4 is 5.32 Å². The van der Waals surface area contributed by atoms with Gasteiger partial charge in [-0.25, -0.2) is 13.8 Å². The zero-order chi connectivity index (χ0) is 12.4. The fourth-order valence-corrected chi connectivity index (χ4v) is 2.45. The van der Waals surface area contributed by atoms with E-state index < -0.39 is 17.7 Å². The molecule has 0 spiro atoms. The summed E-state index contributed by atoms with van der Waals surface area (Å²) in [5.74, 6) is -1.86. The summed E-state index contributed by atoms with van der Waals surface area (Å²) in [6, 6.07) is 1.80. The maximum absolute atomic E-state index is 13.8. The first-order valence-electron chi connectivity index (χ1n) is 4.84. The monoisotopic (exact) mass is 274 g/mol. The third kappa shape index (κ3) is 2.31. The van der Waals surface area contributed by atoms with E-state index in [1.807, 2.05) is 0 Å². The summed E-state index contributed by atoms with van der Waals surface area (Å²) in [7, 11) is 1.64. The fraction of sp³-hybridized carbons (Fsp3) is 0.182. The molecule has 2 rings (SSSR count). The Morgan fingerprint density at radius 2 is 2.18 bits per heavy atom. The van der Waals surface area contributed by atoms with Gasteiger partial charge in [0.2, 0.25) is 0 Å². The van der Waals surface area contributed by atoms with Crippen LogP contribution >= 0.6 is 22.9 Å². The fourth-order valence-electron chi connectivity index (χ4n) is 1.61. The van der Waals surface area contributed by atoms with Crippen molar-refractivity contribution in [2.24, 2.45) is 0 Å². The van der Waals surface area contributed by atoms with Gasteiger partial charge >= 0.3 is 0 Å². The molecule has 0 amide bonds. The van der Waals surface area contributed by atoms with Crippen molar-refractivity contribution in [2.75, 3.05) is 7.05 Å². The summed E-state index contributed by atoms with van der Waals surface area (Å²) in [5.41, 5.74) is 2.33. The first kappa shape index (κ1) is 12.4. The van der Waals surface area contributed by atoms with E-state index in [0.717, 1.165) is 6.07 Å². The second-order valence-corrected chi connectivity index (χ2v) is 4.52. The normalized spacial score (nSPS) is 12.7. The smallest absolute Gasteiger partial charge is 0.165 e. The molecule has 0 radical (unpaired) electrons. The van der Waals surface area contributed by atoms with Crippen LogP contribution in [0.4, 0.5) is 8.78 Å². The van der Waals surface area contributed by atoms with Gasteiger partial charge in [0.1, 0.15) is 0 Å². The van der Waals surface area contributed by atoms with Crippen molar-refractivity contribution in [3.8, 4) is 0 Å². The molecule has 0 bridgehead atoms. The molecule has 90 valence electrons. The second-order valence-electron chi connectivity index (χ2n) is 3.39. The minimum Gasteiger partial charge on any atom is -0.308 e. The van der Waals surface area contributed by atoms with Gasteiger partial charge < -0.3 is 5.32 Å². The summed E-state index contributed by atoms with van der Waals surface area (Å²) in [6.07, 6.45) is 0. The molecule has 1 N–H and O–H groups in total. The Labute approximate surface area is 106 Å². The van der Waals surface area contributed by atoms with E-state index in [-0.39, 0.29) is 10.6 Å². The van der Waals surface area contributed by atoms with E-state index in [4.69, 9.17) is 11.6 Å². The van der Waals surface area contributed by atoms with Crippen molar-refractivity contribution in [1.29, 1.82) is 0 Å². The molecule has 0 saturated carbocycles. The first-order valence-corrected chi connectivity index (χ1v) is 6.16. The van der Waals surface area contributed by atoms with Gasteiger partial charge in [-0.1, -0.05) is 11.6 Å². The molecule has 0 aliphatic heterocycles. The Kier molecular flexibility index (Phi) is 3.71.